The summed E-state index contributed by atoms with van der Waals surface area (Å²) in [7, 11) is 0. The zero-order valence-electron chi connectivity index (χ0n) is 14.6. The zero-order chi connectivity index (χ0) is 17.1. The Balaban J connectivity index is 1.42. The van der Waals surface area contributed by atoms with E-state index < -0.39 is 0 Å². The highest BCUT2D eigenvalue weighted by Crippen LogP contribution is 2.19. The highest BCUT2D eigenvalue weighted by atomic mass is 15.3. The van der Waals surface area contributed by atoms with Crippen LogP contribution in [0.25, 0.3) is 0 Å². The van der Waals surface area contributed by atoms with Gasteiger partial charge in [-0.15, -0.1) is 10.2 Å². The summed E-state index contributed by atoms with van der Waals surface area (Å²) in [5, 5.41) is 12.3. The van der Waals surface area contributed by atoms with Gasteiger partial charge in [0.05, 0.1) is 12.6 Å². The summed E-state index contributed by atoms with van der Waals surface area (Å²) >= 11 is 0. The molecule has 1 atom stereocenters. The van der Waals surface area contributed by atoms with E-state index in [2.05, 4.69) is 60.8 Å². The molecule has 6 heteroatoms. The quantitative estimate of drug-likeness (QED) is 0.752. The summed E-state index contributed by atoms with van der Waals surface area (Å²) in [4.78, 5) is 4.51. The Bertz CT molecular complexity index is 820. The molecule has 1 aliphatic heterocycles. The Morgan fingerprint density at radius 3 is 2.92 bits per heavy atom. The third-order valence-electron chi connectivity index (χ3n) is 4.84. The predicted octanol–water partition coefficient (Wildman–Crippen LogP) is 2.71. The number of benzene rings is 1. The summed E-state index contributed by atoms with van der Waals surface area (Å²) in [6.45, 7) is 4.73. The van der Waals surface area contributed by atoms with Gasteiger partial charge in [0.15, 0.2) is 0 Å². The van der Waals surface area contributed by atoms with Crippen LogP contribution in [0.3, 0.4) is 0 Å². The molecule has 0 spiro atoms. The summed E-state index contributed by atoms with van der Waals surface area (Å²) < 4.78 is 4.46. The van der Waals surface area contributed by atoms with Crippen LogP contribution in [0.15, 0.2) is 42.7 Å². The van der Waals surface area contributed by atoms with E-state index in [4.69, 9.17) is 0 Å². The van der Waals surface area contributed by atoms with Crippen molar-refractivity contribution in [2.45, 2.75) is 51.9 Å². The third-order valence-corrected chi connectivity index (χ3v) is 4.84. The van der Waals surface area contributed by atoms with Crippen LogP contribution < -0.4 is 5.32 Å². The number of rotatable bonds is 6. The average molecular weight is 336 g/mol. The Hall–Kier alpha value is -2.47. The first-order valence-electron chi connectivity index (χ1n) is 9.00. The van der Waals surface area contributed by atoms with E-state index in [1.807, 2.05) is 18.5 Å². The second kappa shape index (κ2) is 7.19. The molecule has 130 valence electrons. The predicted molar refractivity (Wildman–Crippen MR) is 96.0 cm³/mol. The number of hydrogen-bond donors (Lipinski definition) is 1. The summed E-state index contributed by atoms with van der Waals surface area (Å²) in [6.07, 6.45) is 7.38. The second-order valence-corrected chi connectivity index (χ2v) is 6.64. The first-order chi connectivity index (χ1) is 12.3. The molecule has 3 aromatic rings. The zero-order valence-corrected chi connectivity index (χ0v) is 14.6. The molecule has 2 aromatic heterocycles. The molecule has 0 radical (unpaired) electrons. The minimum Gasteiger partial charge on any atom is -0.329 e. The number of nitrogens with zero attached hydrogens (tertiary/aromatic N) is 5. The number of aromatic nitrogens is 5. The first-order valence-corrected chi connectivity index (χ1v) is 9.00. The van der Waals surface area contributed by atoms with E-state index in [1.54, 1.807) is 0 Å². The minimum absolute atomic E-state index is 0.154. The number of aryl methyl sites for hydroxylation is 1. The first kappa shape index (κ1) is 16.0. The fourth-order valence-corrected chi connectivity index (χ4v) is 3.42. The SMILES string of the molecule is CC(NCc1nccn1Cc1ccccc1)c1nnc2n1CCCC2. The molecule has 25 heavy (non-hydrogen) atoms. The van der Waals surface area contributed by atoms with Crippen molar-refractivity contribution in [3.05, 3.63) is 65.8 Å². The van der Waals surface area contributed by atoms with Crippen molar-refractivity contribution in [1.82, 2.24) is 29.6 Å². The van der Waals surface area contributed by atoms with Gasteiger partial charge < -0.3 is 14.5 Å². The molecule has 1 N–H and O–H groups in total. The molecule has 6 nitrogen and oxygen atoms in total. The molecule has 0 saturated carbocycles. The Labute approximate surface area is 147 Å². The molecule has 1 unspecified atom stereocenters. The molecule has 4 rings (SSSR count). The minimum atomic E-state index is 0.154. The standard InChI is InChI=1S/C19H24N6/c1-15(19-23-22-17-9-5-6-11-25(17)19)21-13-18-20-10-12-24(18)14-16-7-3-2-4-8-16/h2-4,7-8,10,12,15,21H,5-6,9,11,13-14H2,1H3. The van der Waals surface area contributed by atoms with Crippen molar-refractivity contribution in [2.24, 2.45) is 0 Å². The normalized spacial score (nSPS) is 15.1. The van der Waals surface area contributed by atoms with E-state index in [-0.39, 0.29) is 6.04 Å². The maximum Gasteiger partial charge on any atom is 0.149 e. The van der Waals surface area contributed by atoms with Gasteiger partial charge in [-0.1, -0.05) is 30.3 Å². The van der Waals surface area contributed by atoms with Crippen molar-refractivity contribution in [1.29, 1.82) is 0 Å². The second-order valence-electron chi connectivity index (χ2n) is 6.64. The van der Waals surface area contributed by atoms with Gasteiger partial charge in [0.1, 0.15) is 17.5 Å². The fraction of sp³-hybridized carbons (Fsp3) is 0.421. The van der Waals surface area contributed by atoms with E-state index in [0.717, 1.165) is 37.0 Å². The van der Waals surface area contributed by atoms with Crippen LogP contribution in [0.1, 0.15) is 48.8 Å². The van der Waals surface area contributed by atoms with Crippen LogP contribution in [-0.4, -0.2) is 24.3 Å². The number of fused-ring (bicyclic) bond motifs is 1. The van der Waals surface area contributed by atoms with Crippen LogP contribution in [0.4, 0.5) is 0 Å². The molecule has 0 amide bonds. The van der Waals surface area contributed by atoms with Crippen molar-refractivity contribution >= 4 is 0 Å². The lowest BCUT2D eigenvalue weighted by Crippen LogP contribution is -2.25. The van der Waals surface area contributed by atoms with Crippen LogP contribution >= 0.6 is 0 Å². The number of hydrogen-bond acceptors (Lipinski definition) is 4. The molecule has 0 aliphatic carbocycles. The van der Waals surface area contributed by atoms with Crippen LogP contribution in [0, 0.1) is 0 Å². The largest absolute Gasteiger partial charge is 0.329 e. The summed E-state index contributed by atoms with van der Waals surface area (Å²) in [5.41, 5.74) is 1.28. The molecule has 3 heterocycles. The molecular weight excluding hydrogens is 312 g/mol. The van der Waals surface area contributed by atoms with E-state index in [1.165, 1.54) is 18.4 Å². The maximum atomic E-state index is 4.51. The maximum absolute atomic E-state index is 4.51. The fourth-order valence-electron chi connectivity index (χ4n) is 3.42. The van der Waals surface area contributed by atoms with Crippen molar-refractivity contribution < 1.29 is 0 Å². The number of nitrogens with one attached hydrogen (secondary N) is 1. The molecule has 0 fully saturated rings. The van der Waals surface area contributed by atoms with Gasteiger partial charge >= 0.3 is 0 Å². The summed E-state index contributed by atoms with van der Waals surface area (Å²) in [5.74, 6) is 3.20. The Morgan fingerprint density at radius 1 is 1.16 bits per heavy atom. The van der Waals surface area contributed by atoms with Gasteiger partial charge in [-0.2, -0.15) is 0 Å². The smallest absolute Gasteiger partial charge is 0.149 e. The van der Waals surface area contributed by atoms with Gasteiger partial charge in [0, 0.05) is 31.9 Å². The molecule has 0 saturated heterocycles. The van der Waals surface area contributed by atoms with Gasteiger partial charge in [-0.3, -0.25) is 0 Å². The highest BCUT2D eigenvalue weighted by molar-refractivity contribution is 5.16. The lowest BCUT2D eigenvalue weighted by molar-refractivity contribution is 0.459. The van der Waals surface area contributed by atoms with Crippen LogP contribution in [0.5, 0.6) is 0 Å². The van der Waals surface area contributed by atoms with E-state index in [0.29, 0.717) is 6.54 Å². The lowest BCUT2D eigenvalue weighted by Gasteiger charge is -2.19. The molecular formula is C19H24N6. The van der Waals surface area contributed by atoms with Gasteiger partial charge in [0.2, 0.25) is 0 Å². The van der Waals surface area contributed by atoms with Crippen LogP contribution in [-0.2, 0) is 26.1 Å². The Morgan fingerprint density at radius 2 is 2.04 bits per heavy atom. The van der Waals surface area contributed by atoms with Crippen LogP contribution in [0.2, 0.25) is 0 Å². The molecule has 0 bridgehead atoms. The van der Waals surface area contributed by atoms with E-state index in [9.17, 15) is 0 Å². The van der Waals surface area contributed by atoms with Crippen molar-refractivity contribution in [3.63, 3.8) is 0 Å². The lowest BCUT2D eigenvalue weighted by atomic mass is 10.1. The third kappa shape index (κ3) is 3.49. The molecule has 1 aliphatic rings. The van der Waals surface area contributed by atoms with Gasteiger partial charge in [-0.05, 0) is 25.3 Å². The average Bonchev–Trinajstić information content (AvgIpc) is 3.27. The Kier molecular flexibility index (Phi) is 4.61. The number of imidazole rings is 1. The van der Waals surface area contributed by atoms with Crippen molar-refractivity contribution in [2.75, 3.05) is 0 Å². The van der Waals surface area contributed by atoms with E-state index >= 15 is 0 Å². The van der Waals surface area contributed by atoms with Crippen molar-refractivity contribution in [3.8, 4) is 0 Å². The monoisotopic (exact) mass is 336 g/mol. The van der Waals surface area contributed by atoms with Gasteiger partial charge in [-0.25, -0.2) is 4.98 Å². The van der Waals surface area contributed by atoms with Gasteiger partial charge in [0.25, 0.3) is 0 Å². The summed E-state index contributed by atoms with van der Waals surface area (Å²) in [6, 6.07) is 10.6. The highest BCUT2D eigenvalue weighted by Gasteiger charge is 2.20. The molecule has 1 aromatic carbocycles. The topological polar surface area (TPSA) is 60.6 Å².